The number of aliphatic hydroxyl groups is 1. The summed E-state index contributed by atoms with van der Waals surface area (Å²) in [5.41, 5.74) is 0. The Balaban J connectivity index is 3.66. The summed E-state index contributed by atoms with van der Waals surface area (Å²) in [5.74, 6) is -0.897. The third-order valence-corrected chi connectivity index (χ3v) is 2.14. The van der Waals surface area contributed by atoms with Crippen molar-refractivity contribution in [2.75, 3.05) is 19.3 Å². The van der Waals surface area contributed by atoms with E-state index in [4.69, 9.17) is 20.1 Å². The van der Waals surface area contributed by atoms with Crippen LogP contribution >= 0.6 is 7.60 Å². The van der Waals surface area contributed by atoms with Crippen LogP contribution in [0.4, 0.5) is 0 Å². The van der Waals surface area contributed by atoms with Crippen LogP contribution in [-0.2, 0) is 9.36 Å². The molecule has 0 aliphatic carbocycles. The van der Waals surface area contributed by atoms with Gasteiger partial charge in [0.2, 0.25) is 0 Å². The van der Waals surface area contributed by atoms with Gasteiger partial charge in [0.15, 0.2) is 0 Å². The first-order valence-corrected chi connectivity index (χ1v) is 5.31. The molecule has 0 saturated heterocycles. The molecule has 7 nitrogen and oxygen atoms in total. The van der Waals surface area contributed by atoms with Crippen molar-refractivity contribution >= 4 is 13.5 Å². The van der Waals surface area contributed by atoms with E-state index in [2.05, 4.69) is 0 Å². The zero-order chi connectivity index (χ0) is 10.5. The number of hydrogen-bond acceptors (Lipinski definition) is 4. The van der Waals surface area contributed by atoms with E-state index in [9.17, 15) is 9.36 Å². The van der Waals surface area contributed by atoms with Gasteiger partial charge in [-0.25, -0.2) is 5.06 Å². The van der Waals surface area contributed by atoms with E-state index in [-0.39, 0.29) is 18.0 Å². The summed E-state index contributed by atoms with van der Waals surface area (Å²) in [4.78, 5) is 27.3. The Morgan fingerprint density at radius 2 is 1.92 bits per heavy atom. The molecule has 0 unspecified atom stereocenters. The highest BCUT2D eigenvalue weighted by atomic mass is 31.2. The van der Waals surface area contributed by atoms with Crippen molar-refractivity contribution in [2.24, 2.45) is 0 Å². The van der Waals surface area contributed by atoms with Gasteiger partial charge in [-0.1, -0.05) is 0 Å². The summed E-state index contributed by atoms with van der Waals surface area (Å²) in [6.45, 7) is -1.03. The normalized spacial score (nSPS) is 11.4. The Kier molecular flexibility index (Phi) is 5.12. The molecule has 1 amide bonds. The van der Waals surface area contributed by atoms with Gasteiger partial charge in [-0.05, 0) is 6.42 Å². The summed E-state index contributed by atoms with van der Waals surface area (Å²) in [6.07, 6.45) is -0.421. The van der Waals surface area contributed by atoms with Crippen LogP contribution in [0, 0.1) is 0 Å². The van der Waals surface area contributed by atoms with Crippen LogP contribution in [0.15, 0.2) is 0 Å². The summed E-state index contributed by atoms with van der Waals surface area (Å²) in [7, 11) is -4.07. The van der Waals surface area contributed by atoms with Crippen LogP contribution in [0.2, 0.25) is 0 Å². The average Bonchev–Trinajstić information content (AvgIpc) is 2.00. The fourth-order valence-corrected chi connectivity index (χ4v) is 1.19. The molecule has 0 aliphatic rings. The molecule has 13 heavy (non-hydrogen) atoms. The molecule has 0 heterocycles. The molecule has 8 heteroatoms. The van der Waals surface area contributed by atoms with Crippen LogP contribution in [0.5, 0.6) is 0 Å². The quantitative estimate of drug-likeness (QED) is 0.258. The zero-order valence-electron chi connectivity index (χ0n) is 6.83. The Hall–Kier alpha value is -0.460. The highest BCUT2D eigenvalue weighted by Crippen LogP contribution is 2.34. The van der Waals surface area contributed by atoms with Crippen molar-refractivity contribution < 1.29 is 29.5 Å². The number of hydroxylamine groups is 2. The lowest BCUT2D eigenvalue weighted by Crippen LogP contribution is -2.31. The first kappa shape index (κ1) is 12.5. The second kappa shape index (κ2) is 5.31. The van der Waals surface area contributed by atoms with Crippen molar-refractivity contribution in [3.63, 3.8) is 0 Å². The van der Waals surface area contributed by atoms with Crippen molar-refractivity contribution in [3.05, 3.63) is 0 Å². The molecule has 0 aromatic heterocycles. The van der Waals surface area contributed by atoms with Crippen molar-refractivity contribution in [1.82, 2.24) is 5.06 Å². The zero-order valence-corrected chi connectivity index (χ0v) is 7.72. The second-order valence-corrected chi connectivity index (χ2v) is 4.19. The minimum absolute atomic E-state index is 0.0213. The van der Waals surface area contributed by atoms with Crippen LogP contribution in [0.1, 0.15) is 6.42 Å². The lowest BCUT2D eigenvalue weighted by atomic mass is 10.4. The topological polar surface area (TPSA) is 118 Å². The summed E-state index contributed by atoms with van der Waals surface area (Å²) in [5, 5.41) is 17.3. The van der Waals surface area contributed by atoms with E-state index < -0.39 is 26.3 Å². The minimum atomic E-state index is -4.07. The van der Waals surface area contributed by atoms with Crippen LogP contribution in [0.25, 0.3) is 0 Å². The van der Waals surface area contributed by atoms with Gasteiger partial charge in [-0.2, -0.15) is 0 Å². The Morgan fingerprint density at radius 1 is 1.38 bits per heavy atom. The molecule has 0 spiro atoms. The number of amides is 1. The summed E-state index contributed by atoms with van der Waals surface area (Å²) >= 11 is 0. The maximum absolute atomic E-state index is 10.5. The standard InChI is InChI=1S/C5H12NO6P/c7-4-5(8)6(9)2-1-3-13(10,11)12/h7,9H,1-4H2,(H2,10,11,12). The molecule has 0 aromatic carbocycles. The van der Waals surface area contributed by atoms with Crippen LogP contribution in [-0.4, -0.2) is 50.4 Å². The minimum Gasteiger partial charge on any atom is -0.386 e. The molecule has 0 radical (unpaired) electrons. The van der Waals surface area contributed by atoms with Gasteiger partial charge in [-0.15, -0.1) is 0 Å². The van der Waals surface area contributed by atoms with Crippen LogP contribution < -0.4 is 0 Å². The Bertz CT molecular complexity index is 213. The van der Waals surface area contributed by atoms with E-state index >= 15 is 0 Å². The Morgan fingerprint density at radius 3 is 2.31 bits per heavy atom. The molecular weight excluding hydrogens is 201 g/mol. The molecule has 4 N–H and O–H groups in total. The predicted octanol–water partition coefficient (Wildman–Crippen LogP) is -1.24. The summed E-state index contributed by atoms with van der Waals surface area (Å²) < 4.78 is 10.3. The molecular formula is C5H12NO6P. The first-order chi connectivity index (χ1) is 5.87. The van der Waals surface area contributed by atoms with Gasteiger partial charge < -0.3 is 14.9 Å². The summed E-state index contributed by atoms with van der Waals surface area (Å²) in [6, 6.07) is 0. The molecule has 78 valence electrons. The maximum atomic E-state index is 10.5. The van der Waals surface area contributed by atoms with Gasteiger partial charge >= 0.3 is 7.60 Å². The van der Waals surface area contributed by atoms with E-state index in [1.807, 2.05) is 0 Å². The molecule has 0 aliphatic heterocycles. The van der Waals surface area contributed by atoms with Gasteiger partial charge in [0.1, 0.15) is 6.61 Å². The maximum Gasteiger partial charge on any atom is 0.325 e. The fraction of sp³-hybridized carbons (Fsp3) is 0.800. The van der Waals surface area contributed by atoms with Gasteiger partial charge in [0.25, 0.3) is 5.91 Å². The highest BCUT2D eigenvalue weighted by Gasteiger charge is 2.14. The number of carbonyl (C=O) groups excluding carboxylic acids is 1. The molecule has 0 saturated carbocycles. The molecule has 0 rings (SSSR count). The highest BCUT2D eigenvalue weighted by molar-refractivity contribution is 7.51. The monoisotopic (exact) mass is 213 g/mol. The number of hydrogen-bond donors (Lipinski definition) is 4. The molecule has 0 aromatic rings. The molecule has 0 atom stereocenters. The lowest BCUT2D eigenvalue weighted by molar-refractivity contribution is -0.168. The number of nitrogens with zero attached hydrogens (tertiary/aromatic N) is 1. The average molecular weight is 213 g/mol. The van der Waals surface area contributed by atoms with E-state index in [1.165, 1.54) is 0 Å². The van der Waals surface area contributed by atoms with Gasteiger partial charge in [0.05, 0.1) is 6.16 Å². The van der Waals surface area contributed by atoms with Crippen molar-refractivity contribution in [1.29, 1.82) is 0 Å². The lowest BCUT2D eigenvalue weighted by Gasteiger charge is -2.13. The van der Waals surface area contributed by atoms with E-state index in [1.54, 1.807) is 0 Å². The number of aliphatic hydroxyl groups excluding tert-OH is 1. The third-order valence-electron chi connectivity index (χ3n) is 1.24. The van der Waals surface area contributed by atoms with Gasteiger partial charge in [0, 0.05) is 6.54 Å². The Labute approximate surface area is 74.7 Å². The van der Waals surface area contributed by atoms with Crippen molar-refractivity contribution in [2.45, 2.75) is 6.42 Å². The predicted molar refractivity (Wildman–Crippen MR) is 42.1 cm³/mol. The second-order valence-electron chi connectivity index (χ2n) is 2.42. The van der Waals surface area contributed by atoms with E-state index in [0.717, 1.165) is 0 Å². The molecule has 0 bridgehead atoms. The molecule has 0 fully saturated rings. The van der Waals surface area contributed by atoms with Crippen molar-refractivity contribution in [3.8, 4) is 0 Å². The third kappa shape index (κ3) is 6.68. The van der Waals surface area contributed by atoms with Gasteiger partial charge in [-0.3, -0.25) is 14.6 Å². The van der Waals surface area contributed by atoms with Crippen LogP contribution in [0.3, 0.4) is 0 Å². The number of carbonyl (C=O) groups is 1. The number of rotatable bonds is 5. The first-order valence-electron chi connectivity index (χ1n) is 3.51. The largest absolute Gasteiger partial charge is 0.386 e. The smallest absolute Gasteiger partial charge is 0.325 e. The SMILES string of the molecule is O=C(CO)N(O)CCCP(=O)(O)O. The fourth-order valence-electron chi connectivity index (χ4n) is 0.633. The van der Waals surface area contributed by atoms with E-state index in [0.29, 0.717) is 0 Å².